The average Bonchev–Trinajstić information content (AvgIpc) is 2.87. The van der Waals surface area contributed by atoms with Gasteiger partial charge in [-0.2, -0.15) is 4.31 Å². The molecule has 0 bridgehead atoms. The summed E-state index contributed by atoms with van der Waals surface area (Å²) >= 11 is 0. The predicted octanol–water partition coefficient (Wildman–Crippen LogP) is 3.47. The van der Waals surface area contributed by atoms with Gasteiger partial charge in [-0.3, -0.25) is 4.90 Å². The molecule has 0 amide bonds. The maximum Gasteiger partial charge on any atom is 0.243 e. The van der Waals surface area contributed by atoms with Crippen LogP contribution in [0.3, 0.4) is 0 Å². The summed E-state index contributed by atoms with van der Waals surface area (Å²) < 4.78 is 33.4. The first-order chi connectivity index (χ1) is 16.4. The summed E-state index contributed by atoms with van der Waals surface area (Å²) in [6.07, 6.45) is -0.932. The van der Waals surface area contributed by atoms with E-state index in [2.05, 4.69) is 36.1 Å². The van der Waals surface area contributed by atoms with Gasteiger partial charge in [-0.1, -0.05) is 78.4 Å². The Bertz CT molecular complexity index is 1130. The van der Waals surface area contributed by atoms with E-state index in [0.717, 1.165) is 11.1 Å². The Morgan fingerprint density at radius 3 is 2.00 bits per heavy atom. The van der Waals surface area contributed by atoms with Crippen LogP contribution in [0.25, 0.3) is 0 Å². The molecule has 1 heterocycles. The molecule has 4 rings (SSSR count). The third-order valence-electron chi connectivity index (χ3n) is 6.12. The van der Waals surface area contributed by atoms with Gasteiger partial charge in [-0.15, -0.1) is 0 Å². The molecule has 2 atom stereocenters. The molecule has 180 valence electrons. The molecule has 0 radical (unpaired) electrons. The van der Waals surface area contributed by atoms with Crippen molar-refractivity contribution in [3.05, 3.63) is 102 Å². The Morgan fingerprint density at radius 1 is 0.824 bits per heavy atom. The largest absolute Gasteiger partial charge is 0.389 e. The van der Waals surface area contributed by atoms with Crippen LogP contribution in [0.2, 0.25) is 0 Å². The fourth-order valence-corrected chi connectivity index (χ4v) is 5.65. The first kappa shape index (κ1) is 24.6. The second kappa shape index (κ2) is 11.3. The highest BCUT2D eigenvalue weighted by Gasteiger charge is 2.29. The molecule has 0 unspecified atom stereocenters. The van der Waals surface area contributed by atoms with Gasteiger partial charge < -0.3 is 9.84 Å². The monoisotopic (exact) mass is 480 g/mol. The van der Waals surface area contributed by atoms with Gasteiger partial charge in [-0.25, -0.2) is 8.42 Å². The normalized spacial score (nSPS) is 17.4. The number of aliphatic hydroxyl groups is 1. The topological polar surface area (TPSA) is 70.1 Å². The van der Waals surface area contributed by atoms with E-state index in [9.17, 15) is 13.5 Å². The molecule has 0 aliphatic carbocycles. The quantitative estimate of drug-likeness (QED) is 0.508. The van der Waals surface area contributed by atoms with Crippen molar-refractivity contribution in [1.82, 2.24) is 9.21 Å². The summed E-state index contributed by atoms with van der Waals surface area (Å²) in [5.41, 5.74) is 3.27. The number of sulfonamides is 1. The molecule has 1 aliphatic heterocycles. The highest BCUT2D eigenvalue weighted by atomic mass is 32.2. The van der Waals surface area contributed by atoms with E-state index in [1.165, 1.54) is 9.87 Å². The molecule has 7 heteroatoms. The van der Waals surface area contributed by atoms with E-state index in [1.54, 1.807) is 24.3 Å². The number of rotatable bonds is 9. The van der Waals surface area contributed by atoms with Gasteiger partial charge in [0.15, 0.2) is 0 Å². The first-order valence-electron chi connectivity index (χ1n) is 11.6. The Balaban J connectivity index is 1.32. The van der Waals surface area contributed by atoms with Crippen LogP contribution < -0.4 is 0 Å². The average molecular weight is 481 g/mol. The number of piperazine rings is 1. The van der Waals surface area contributed by atoms with Crippen molar-refractivity contribution in [3.8, 4) is 0 Å². The molecule has 1 saturated heterocycles. The summed E-state index contributed by atoms with van der Waals surface area (Å²) in [5.74, 6) is 0. The molecular formula is C27H32N2O4S. The van der Waals surface area contributed by atoms with E-state index in [4.69, 9.17) is 4.74 Å². The number of β-amino-alcohol motifs (C(OH)–C–C–N with tert-alkyl or cyclic N) is 1. The molecule has 34 heavy (non-hydrogen) atoms. The van der Waals surface area contributed by atoms with Crippen molar-refractivity contribution in [2.24, 2.45) is 0 Å². The maximum absolute atomic E-state index is 12.8. The first-order valence-corrected chi connectivity index (χ1v) is 13.1. The number of ether oxygens (including phenoxy) is 1. The molecule has 0 aromatic heterocycles. The third kappa shape index (κ3) is 6.11. The lowest BCUT2D eigenvalue weighted by atomic mass is 10.0. The van der Waals surface area contributed by atoms with Crippen LogP contribution in [-0.4, -0.2) is 68.2 Å². The fraction of sp³-hybridized carbons (Fsp3) is 0.333. The summed E-state index contributed by atoms with van der Waals surface area (Å²) in [5, 5.41) is 10.7. The molecule has 0 saturated carbocycles. The SMILES string of the molecule is Cc1ccc([C@H](OC[C@@H](O)CN2CCN(S(=O)(=O)c3ccccc3)CC2)c2ccccc2)cc1. The number of aliphatic hydroxyl groups excluding tert-OH is 1. The lowest BCUT2D eigenvalue weighted by Gasteiger charge is -2.35. The number of aryl methyl sites for hydroxylation is 1. The van der Waals surface area contributed by atoms with Crippen LogP contribution in [0.15, 0.2) is 89.8 Å². The van der Waals surface area contributed by atoms with Crippen molar-refractivity contribution in [3.63, 3.8) is 0 Å². The molecular weight excluding hydrogens is 448 g/mol. The van der Waals surface area contributed by atoms with Crippen molar-refractivity contribution in [2.45, 2.75) is 24.0 Å². The van der Waals surface area contributed by atoms with E-state index in [-0.39, 0.29) is 12.7 Å². The Kier molecular flexibility index (Phi) is 8.13. The highest BCUT2D eigenvalue weighted by molar-refractivity contribution is 7.89. The summed E-state index contributed by atoms with van der Waals surface area (Å²) in [4.78, 5) is 2.41. The van der Waals surface area contributed by atoms with Gasteiger partial charge in [-0.05, 0) is 30.2 Å². The standard InChI is InChI=1S/C27H32N2O4S/c1-22-12-14-24(15-13-22)27(23-8-4-2-5-9-23)33-21-25(30)20-28-16-18-29(19-17-28)34(31,32)26-10-6-3-7-11-26/h2-15,25,27,30H,16-21H2,1H3/t25-,27+/m0/s1. The van der Waals surface area contributed by atoms with Gasteiger partial charge in [0.25, 0.3) is 0 Å². The smallest absolute Gasteiger partial charge is 0.243 e. The van der Waals surface area contributed by atoms with E-state index in [0.29, 0.717) is 37.6 Å². The minimum Gasteiger partial charge on any atom is -0.389 e. The molecule has 3 aromatic carbocycles. The van der Waals surface area contributed by atoms with E-state index >= 15 is 0 Å². The molecule has 1 aliphatic rings. The molecule has 0 spiro atoms. The molecule has 1 N–H and O–H groups in total. The Hall–Kier alpha value is -2.55. The zero-order valence-corrected chi connectivity index (χ0v) is 20.3. The number of hydrogen-bond acceptors (Lipinski definition) is 5. The van der Waals surface area contributed by atoms with Crippen molar-refractivity contribution in [1.29, 1.82) is 0 Å². The Morgan fingerprint density at radius 2 is 1.38 bits per heavy atom. The van der Waals surface area contributed by atoms with Gasteiger partial charge >= 0.3 is 0 Å². The third-order valence-corrected chi connectivity index (χ3v) is 8.03. The van der Waals surface area contributed by atoms with Crippen molar-refractivity contribution >= 4 is 10.0 Å². The second-order valence-electron chi connectivity index (χ2n) is 8.71. The maximum atomic E-state index is 12.8. The summed E-state index contributed by atoms with van der Waals surface area (Å²) in [6, 6.07) is 26.8. The van der Waals surface area contributed by atoms with Crippen LogP contribution in [0, 0.1) is 6.92 Å². The van der Waals surface area contributed by atoms with Crippen LogP contribution >= 0.6 is 0 Å². The lowest BCUT2D eigenvalue weighted by molar-refractivity contribution is -0.0117. The fourth-order valence-electron chi connectivity index (χ4n) is 4.21. The van der Waals surface area contributed by atoms with Gasteiger partial charge in [0.05, 0.1) is 17.6 Å². The zero-order valence-electron chi connectivity index (χ0n) is 19.5. The van der Waals surface area contributed by atoms with Gasteiger partial charge in [0.2, 0.25) is 10.0 Å². The minimum atomic E-state index is -3.48. The van der Waals surface area contributed by atoms with Crippen LogP contribution in [-0.2, 0) is 14.8 Å². The van der Waals surface area contributed by atoms with Crippen molar-refractivity contribution in [2.75, 3.05) is 39.3 Å². The zero-order chi connectivity index (χ0) is 24.0. The second-order valence-corrected chi connectivity index (χ2v) is 10.6. The van der Waals surface area contributed by atoms with E-state index < -0.39 is 16.1 Å². The van der Waals surface area contributed by atoms with Crippen LogP contribution in [0.5, 0.6) is 0 Å². The minimum absolute atomic E-state index is 0.190. The van der Waals surface area contributed by atoms with E-state index in [1.807, 2.05) is 36.4 Å². The number of hydrogen-bond donors (Lipinski definition) is 1. The highest BCUT2D eigenvalue weighted by Crippen LogP contribution is 2.26. The summed E-state index contributed by atoms with van der Waals surface area (Å²) in [6.45, 7) is 4.63. The van der Waals surface area contributed by atoms with Crippen LogP contribution in [0.4, 0.5) is 0 Å². The molecule has 1 fully saturated rings. The van der Waals surface area contributed by atoms with Gasteiger partial charge in [0.1, 0.15) is 6.10 Å². The van der Waals surface area contributed by atoms with Crippen LogP contribution in [0.1, 0.15) is 22.8 Å². The number of benzene rings is 3. The Labute approximate surface area is 202 Å². The number of nitrogens with zero attached hydrogens (tertiary/aromatic N) is 2. The summed E-state index contributed by atoms with van der Waals surface area (Å²) in [7, 11) is -3.48. The van der Waals surface area contributed by atoms with Gasteiger partial charge in [0, 0.05) is 32.7 Å². The van der Waals surface area contributed by atoms with Crippen molar-refractivity contribution < 1.29 is 18.3 Å². The molecule has 3 aromatic rings. The lowest BCUT2D eigenvalue weighted by Crippen LogP contribution is -2.50. The predicted molar refractivity (Wildman–Crippen MR) is 133 cm³/mol. The molecule has 6 nitrogen and oxygen atoms in total.